The van der Waals surface area contributed by atoms with Crippen molar-refractivity contribution < 1.29 is 19.1 Å². The minimum atomic E-state index is -0.586. The van der Waals surface area contributed by atoms with Crippen LogP contribution in [0.25, 0.3) is 0 Å². The first-order valence-electron chi connectivity index (χ1n) is 8.25. The average Bonchev–Trinajstić information content (AvgIpc) is 2.44. The summed E-state index contributed by atoms with van der Waals surface area (Å²) in [6, 6.07) is 6.41. The molecule has 0 aliphatic carbocycles. The predicted octanol–water partition coefficient (Wildman–Crippen LogP) is 2.99. The number of benzene rings is 1. The maximum atomic E-state index is 12.5. The van der Waals surface area contributed by atoms with Crippen LogP contribution in [0.15, 0.2) is 24.3 Å². The van der Waals surface area contributed by atoms with E-state index in [2.05, 4.69) is 5.32 Å². The Balaban J connectivity index is 2.07. The van der Waals surface area contributed by atoms with E-state index in [-0.39, 0.29) is 36.0 Å². The van der Waals surface area contributed by atoms with Crippen molar-refractivity contribution in [2.75, 3.05) is 0 Å². The van der Waals surface area contributed by atoms with Crippen LogP contribution in [0.2, 0.25) is 0 Å². The highest BCUT2D eigenvalue weighted by Crippen LogP contribution is 2.27. The Morgan fingerprint density at radius 2 is 1.83 bits per heavy atom. The fraction of sp³-hybridized carbons (Fsp3) is 0.526. The van der Waals surface area contributed by atoms with E-state index in [1.165, 1.54) is 0 Å². The third-order valence-electron chi connectivity index (χ3n) is 4.01. The fourth-order valence-corrected chi connectivity index (χ4v) is 2.87. The summed E-state index contributed by atoms with van der Waals surface area (Å²) in [6.07, 6.45) is 0.242. The van der Waals surface area contributed by atoms with Crippen molar-refractivity contribution in [1.29, 1.82) is 0 Å². The zero-order chi connectivity index (χ0) is 18.1. The van der Waals surface area contributed by atoms with Gasteiger partial charge in [0.1, 0.15) is 5.60 Å². The summed E-state index contributed by atoms with van der Waals surface area (Å²) < 4.78 is 5.33. The maximum absolute atomic E-state index is 12.5. The summed E-state index contributed by atoms with van der Waals surface area (Å²) in [7, 11) is 0. The first-order chi connectivity index (χ1) is 11.1. The molecule has 1 saturated heterocycles. The van der Waals surface area contributed by atoms with E-state index < -0.39 is 11.6 Å². The van der Waals surface area contributed by atoms with Gasteiger partial charge in [-0.25, -0.2) is 4.79 Å². The van der Waals surface area contributed by atoms with Gasteiger partial charge in [-0.05, 0) is 38.8 Å². The van der Waals surface area contributed by atoms with E-state index in [9.17, 15) is 14.4 Å². The zero-order valence-electron chi connectivity index (χ0n) is 14.9. The predicted molar refractivity (Wildman–Crippen MR) is 90.8 cm³/mol. The molecular formula is C19H25NO4. The second-order valence-electron chi connectivity index (χ2n) is 7.59. The van der Waals surface area contributed by atoms with Gasteiger partial charge in [0.05, 0.1) is 11.5 Å². The van der Waals surface area contributed by atoms with Crippen molar-refractivity contribution in [3.05, 3.63) is 35.4 Å². The minimum absolute atomic E-state index is 0.00491. The molecule has 5 heteroatoms. The number of β-lactam (4-membered cyclic amide) rings is 1. The van der Waals surface area contributed by atoms with Crippen LogP contribution in [0.4, 0.5) is 0 Å². The molecule has 0 saturated carbocycles. The summed E-state index contributed by atoms with van der Waals surface area (Å²) in [4.78, 5) is 36.2. The van der Waals surface area contributed by atoms with Crippen LogP contribution >= 0.6 is 0 Å². The topological polar surface area (TPSA) is 72.5 Å². The summed E-state index contributed by atoms with van der Waals surface area (Å²) in [6.45, 7) is 9.34. The molecule has 0 unspecified atom stereocenters. The Hall–Kier alpha value is -2.17. The van der Waals surface area contributed by atoms with Crippen LogP contribution in [0, 0.1) is 11.8 Å². The van der Waals surface area contributed by atoms with Gasteiger partial charge >= 0.3 is 5.97 Å². The minimum Gasteiger partial charge on any atom is -0.456 e. The molecule has 2 rings (SSSR count). The van der Waals surface area contributed by atoms with E-state index in [1.54, 1.807) is 45.0 Å². The Kier molecular flexibility index (Phi) is 5.11. The Bertz CT molecular complexity index is 658. The summed E-state index contributed by atoms with van der Waals surface area (Å²) in [5.74, 6) is -0.455. The monoisotopic (exact) mass is 331 g/mol. The highest BCUT2D eigenvalue weighted by molar-refractivity contribution is 6.00. The van der Waals surface area contributed by atoms with Crippen LogP contribution < -0.4 is 5.32 Å². The lowest BCUT2D eigenvalue weighted by molar-refractivity contribution is -0.137. The quantitative estimate of drug-likeness (QED) is 0.511. The van der Waals surface area contributed by atoms with E-state index in [0.29, 0.717) is 11.1 Å². The van der Waals surface area contributed by atoms with Gasteiger partial charge in [-0.2, -0.15) is 0 Å². The van der Waals surface area contributed by atoms with Gasteiger partial charge in [-0.3, -0.25) is 9.59 Å². The van der Waals surface area contributed by atoms with Gasteiger partial charge in [0.15, 0.2) is 5.78 Å². The molecule has 2 atom stereocenters. The number of esters is 1. The molecule has 0 bridgehead atoms. The van der Waals surface area contributed by atoms with Crippen molar-refractivity contribution in [3.63, 3.8) is 0 Å². The molecule has 1 fully saturated rings. The smallest absolute Gasteiger partial charge is 0.338 e. The van der Waals surface area contributed by atoms with E-state index in [0.717, 1.165) is 0 Å². The first kappa shape index (κ1) is 18.2. The number of Topliss-reactive ketones (excluding diaryl/α,β-unsaturated/α-hetero) is 1. The molecule has 1 N–H and O–H groups in total. The number of carbonyl (C=O) groups excluding carboxylic acids is 3. The molecule has 1 heterocycles. The first-order valence-corrected chi connectivity index (χ1v) is 8.25. The largest absolute Gasteiger partial charge is 0.456 e. The van der Waals surface area contributed by atoms with E-state index in [4.69, 9.17) is 4.74 Å². The van der Waals surface area contributed by atoms with Gasteiger partial charge in [0.2, 0.25) is 5.91 Å². The third-order valence-corrected chi connectivity index (χ3v) is 4.01. The summed E-state index contributed by atoms with van der Waals surface area (Å²) >= 11 is 0. The molecule has 1 aromatic rings. The number of ether oxygens (including phenoxy) is 1. The van der Waals surface area contributed by atoms with Crippen molar-refractivity contribution in [2.45, 2.75) is 52.7 Å². The summed E-state index contributed by atoms with van der Waals surface area (Å²) in [5, 5.41) is 2.79. The molecule has 1 aromatic carbocycles. The van der Waals surface area contributed by atoms with Crippen molar-refractivity contribution in [1.82, 2.24) is 5.32 Å². The average molecular weight is 331 g/mol. The van der Waals surface area contributed by atoms with Crippen molar-refractivity contribution in [3.8, 4) is 0 Å². The molecule has 0 spiro atoms. The number of carbonyl (C=O) groups is 3. The lowest BCUT2D eigenvalue weighted by Gasteiger charge is -2.39. The maximum Gasteiger partial charge on any atom is 0.338 e. The van der Waals surface area contributed by atoms with E-state index >= 15 is 0 Å². The van der Waals surface area contributed by atoms with Gasteiger partial charge < -0.3 is 10.1 Å². The Morgan fingerprint density at radius 1 is 1.21 bits per heavy atom. The second kappa shape index (κ2) is 6.75. The van der Waals surface area contributed by atoms with Crippen LogP contribution in [-0.4, -0.2) is 29.3 Å². The molecule has 1 aliphatic heterocycles. The fourth-order valence-electron chi connectivity index (χ4n) is 2.87. The number of hydrogen-bond acceptors (Lipinski definition) is 4. The number of hydrogen-bond donors (Lipinski definition) is 1. The molecule has 1 amide bonds. The molecule has 1 aliphatic rings. The standard InChI is InChI=1S/C19H25NO4/c1-11(2)16-14(20-17(16)22)10-15(21)12-7-6-8-13(9-12)18(23)24-19(3,4)5/h6-9,11,14,16H,10H2,1-5H3,(H,20,22)/t14-,16-/m1/s1. The molecule has 24 heavy (non-hydrogen) atoms. The molecule has 0 aromatic heterocycles. The highest BCUT2D eigenvalue weighted by atomic mass is 16.6. The number of nitrogens with one attached hydrogen (secondary N) is 1. The van der Waals surface area contributed by atoms with Gasteiger partial charge in [0, 0.05) is 18.0 Å². The Morgan fingerprint density at radius 3 is 2.38 bits per heavy atom. The second-order valence-corrected chi connectivity index (χ2v) is 7.59. The van der Waals surface area contributed by atoms with Gasteiger partial charge in [-0.15, -0.1) is 0 Å². The third kappa shape index (κ3) is 4.22. The highest BCUT2D eigenvalue weighted by Gasteiger charge is 2.42. The van der Waals surface area contributed by atoms with Gasteiger partial charge in [0.25, 0.3) is 0 Å². The van der Waals surface area contributed by atoms with E-state index in [1.807, 2.05) is 13.8 Å². The lowest BCUT2D eigenvalue weighted by atomic mass is 9.78. The zero-order valence-corrected chi connectivity index (χ0v) is 14.9. The summed E-state index contributed by atoms with van der Waals surface area (Å²) in [5.41, 5.74) is 0.230. The van der Waals surface area contributed by atoms with Crippen LogP contribution in [0.3, 0.4) is 0 Å². The number of ketones is 1. The lowest BCUT2D eigenvalue weighted by Crippen LogP contribution is -2.60. The number of amides is 1. The van der Waals surface area contributed by atoms with Crippen LogP contribution in [0.1, 0.15) is 61.8 Å². The van der Waals surface area contributed by atoms with Gasteiger partial charge in [-0.1, -0.05) is 26.0 Å². The molecule has 130 valence electrons. The van der Waals surface area contributed by atoms with Crippen LogP contribution in [0.5, 0.6) is 0 Å². The molecule has 0 radical (unpaired) electrons. The van der Waals surface area contributed by atoms with Crippen molar-refractivity contribution in [2.24, 2.45) is 11.8 Å². The SMILES string of the molecule is CC(C)[C@H]1C(=O)N[C@@H]1CC(=O)c1cccc(C(=O)OC(C)(C)C)c1. The Labute approximate surface area is 142 Å². The molecular weight excluding hydrogens is 306 g/mol. The van der Waals surface area contributed by atoms with Crippen LogP contribution in [-0.2, 0) is 9.53 Å². The van der Waals surface area contributed by atoms with Crippen molar-refractivity contribution >= 4 is 17.7 Å². The molecule has 5 nitrogen and oxygen atoms in total. The number of rotatable bonds is 5. The normalized spacial score (nSPS) is 20.3.